The van der Waals surface area contributed by atoms with Gasteiger partial charge in [-0.05, 0) is 12.1 Å². The van der Waals surface area contributed by atoms with Crippen molar-refractivity contribution in [1.29, 1.82) is 0 Å². The number of methoxy groups -OCH3 is 2. The van der Waals surface area contributed by atoms with Gasteiger partial charge in [0.2, 0.25) is 0 Å². The molecule has 1 N–H and O–H groups in total. The van der Waals surface area contributed by atoms with Crippen molar-refractivity contribution in [1.82, 2.24) is 15.0 Å². The molecule has 0 saturated heterocycles. The summed E-state index contributed by atoms with van der Waals surface area (Å²) in [5.41, 5.74) is 1.69. The maximum absolute atomic E-state index is 10.8. The maximum atomic E-state index is 10.8. The van der Waals surface area contributed by atoms with Crippen molar-refractivity contribution in [3.63, 3.8) is 0 Å². The number of phenolic OH excluding ortho intramolecular Hbond substituents is 1. The van der Waals surface area contributed by atoms with Crippen molar-refractivity contribution >= 4 is 5.69 Å². The first-order valence-corrected chi connectivity index (χ1v) is 7.16. The summed E-state index contributed by atoms with van der Waals surface area (Å²) in [7, 11) is 2.92. The molecule has 9 nitrogen and oxygen atoms in total. The molecule has 25 heavy (non-hydrogen) atoms. The highest BCUT2D eigenvalue weighted by molar-refractivity contribution is 5.66. The fourth-order valence-electron chi connectivity index (χ4n) is 2.39. The molecule has 0 fully saturated rings. The Morgan fingerprint density at radius 1 is 1.12 bits per heavy atom. The van der Waals surface area contributed by atoms with Gasteiger partial charge in [0.25, 0.3) is 5.69 Å². The van der Waals surface area contributed by atoms with Gasteiger partial charge >= 0.3 is 0 Å². The van der Waals surface area contributed by atoms with Crippen LogP contribution in [0, 0.1) is 10.1 Å². The summed E-state index contributed by atoms with van der Waals surface area (Å²) in [6.07, 6.45) is 1.52. The van der Waals surface area contributed by atoms with E-state index in [4.69, 9.17) is 9.47 Å². The zero-order valence-electron chi connectivity index (χ0n) is 13.4. The highest BCUT2D eigenvalue weighted by Gasteiger charge is 2.17. The SMILES string of the molecule is COc1cc(OC)c(-n2nncc2-c2ccc([N+](=O)[O-])cc2)cc1O. The van der Waals surface area contributed by atoms with Gasteiger partial charge in [0, 0.05) is 29.8 Å². The van der Waals surface area contributed by atoms with Gasteiger partial charge in [-0.25, -0.2) is 4.68 Å². The Labute approximate surface area is 142 Å². The first kappa shape index (κ1) is 16.2. The van der Waals surface area contributed by atoms with Gasteiger partial charge in [-0.2, -0.15) is 0 Å². The monoisotopic (exact) mass is 342 g/mol. The summed E-state index contributed by atoms with van der Waals surface area (Å²) in [6, 6.07) is 8.98. The molecular formula is C16H14N4O5. The number of hydrogen-bond acceptors (Lipinski definition) is 7. The molecule has 0 aliphatic heterocycles. The van der Waals surface area contributed by atoms with E-state index in [0.29, 0.717) is 22.7 Å². The number of nitro groups is 1. The second-order valence-corrected chi connectivity index (χ2v) is 5.03. The van der Waals surface area contributed by atoms with Crippen LogP contribution in [0.25, 0.3) is 16.9 Å². The van der Waals surface area contributed by atoms with Crippen LogP contribution in [0.15, 0.2) is 42.6 Å². The highest BCUT2D eigenvalue weighted by Crippen LogP contribution is 2.37. The lowest BCUT2D eigenvalue weighted by molar-refractivity contribution is -0.384. The number of benzene rings is 2. The van der Waals surface area contributed by atoms with Gasteiger partial charge in [0.1, 0.15) is 11.4 Å². The number of aromatic hydroxyl groups is 1. The molecule has 0 unspecified atom stereocenters. The van der Waals surface area contributed by atoms with Gasteiger partial charge in [-0.3, -0.25) is 10.1 Å². The average Bonchev–Trinajstić information content (AvgIpc) is 3.11. The normalized spacial score (nSPS) is 10.5. The summed E-state index contributed by atoms with van der Waals surface area (Å²) in [6.45, 7) is 0. The lowest BCUT2D eigenvalue weighted by Gasteiger charge is -2.13. The van der Waals surface area contributed by atoms with E-state index in [-0.39, 0.29) is 17.2 Å². The van der Waals surface area contributed by atoms with Crippen LogP contribution < -0.4 is 9.47 Å². The van der Waals surface area contributed by atoms with Gasteiger partial charge in [0.15, 0.2) is 11.5 Å². The molecule has 0 spiro atoms. The Balaban J connectivity index is 2.11. The number of ether oxygens (including phenoxy) is 2. The number of aromatic nitrogens is 3. The zero-order valence-corrected chi connectivity index (χ0v) is 13.4. The van der Waals surface area contributed by atoms with Gasteiger partial charge in [-0.1, -0.05) is 5.21 Å². The lowest BCUT2D eigenvalue weighted by Crippen LogP contribution is -2.03. The molecule has 2 aromatic carbocycles. The molecule has 0 radical (unpaired) electrons. The number of nitrogens with zero attached hydrogens (tertiary/aromatic N) is 4. The number of non-ortho nitro benzene ring substituents is 1. The van der Waals surface area contributed by atoms with Crippen molar-refractivity contribution in [2.75, 3.05) is 14.2 Å². The standard InChI is InChI=1S/C16H14N4O5/c1-24-15-8-16(25-2)14(21)7-12(15)19-13(9-17-18-19)10-3-5-11(6-4-10)20(22)23/h3-9,21H,1-2H3. The third-order valence-electron chi connectivity index (χ3n) is 3.63. The van der Waals surface area contributed by atoms with Crippen LogP contribution in [0.3, 0.4) is 0 Å². The van der Waals surface area contributed by atoms with Crippen molar-refractivity contribution in [3.05, 3.63) is 52.7 Å². The minimum absolute atomic E-state index is 0.0116. The Morgan fingerprint density at radius 3 is 2.40 bits per heavy atom. The second-order valence-electron chi connectivity index (χ2n) is 5.03. The third-order valence-corrected chi connectivity index (χ3v) is 3.63. The molecule has 0 aliphatic rings. The Kier molecular flexibility index (Phi) is 4.21. The minimum Gasteiger partial charge on any atom is -0.504 e. The van der Waals surface area contributed by atoms with Gasteiger partial charge < -0.3 is 14.6 Å². The van der Waals surface area contributed by atoms with E-state index in [9.17, 15) is 15.2 Å². The average molecular weight is 342 g/mol. The number of hydrogen-bond donors (Lipinski definition) is 1. The van der Waals surface area contributed by atoms with E-state index in [1.165, 1.54) is 49.4 Å². The van der Waals surface area contributed by atoms with E-state index < -0.39 is 4.92 Å². The molecule has 0 atom stereocenters. The molecule has 128 valence electrons. The Morgan fingerprint density at radius 2 is 1.80 bits per heavy atom. The number of rotatable bonds is 5. The van der Waals surface area contributed by atoms with E-state index in [1.54, 1.807) is 12.1 Å². The molecule has 0 amide bonds. The minimum atomic E-state index is -0.468. The topological polar surface area (TPSA) is 113 Å². The van der Waals surface area contributed by atoms with Crippen LogP contribution in [0.1, 0.15) is 0 Å². The molecule has 0 bridgehead atoms. The van der Waals surface area contributed by atoms with Crippen LogP contribution in [-0.4, -0.2) is 39.2 Å². The Hall–Kier alpha value is -3.62. The summed E-state index contributed by atoms with van der Waals surface area (Å²) in [5, 5.41) is 28.8. The highest BCUT2D eigenvalue weighted by atomic mass is 16.6. The fraction of sp³-hybridized carbons (Fsp3) is 0.125. The molecule has 0 saturated carbocycles. The van der Waals surface area contributed by atoms with E-state index >= 15 is 0 Å². The zero-order chi connectivity index (χ0) is 18.0. The summed E-state index contributed by atoms with van der Waals surface area (Å²) in [4.78, 5) is 10.3. The molecule has 0 aliphatic carbocycles. The van der Waals surface area contributed by atoms with Crippen molar-refractivity contribution in [3.8, 4) is 34.2 Å². The largest absolute Gasteiger partial charge is 0.504 e. The quantitative estimate of drug-likeness (QED) is 0.560. The second kappa shape index (κ2) is 6.48. The molecule has 1 heterocycles. The Bertz CT molecular complexity index is 921. The first-order chi connectivity index (χ1) is 12.0. The van der Waals surface area contributed by atoms with E-state index in [0.717, 1.165) is 0 Å². The third kappa shape index (κ3) is 2.94. The molecule has 3 aromatic rings. The van der Waals surface area contributed by atoms with E-state index in [2.05, 4.69) is 10.3 Å². The molecule has 3 rings (SSSR count). The predicted octanol–water partition coefficient (Wildman–Crippen LogP) is 2.57. The van der Waals surface area contributed by atoms with Gasteiger partial charge in [-0.15, -0.1) is 5.10 Å². The van der Waals surface area contributed by atoms with Crippen LogP contribution in [-0.2, 0) is 0 Å². The maximum Gasteiger partial charge on any atom is 0.269 e. The number of phenols is 1. The lowest BCUT2D eigenvalue weighted by atomic mass is 10.1. The van der Waals surface area contributed by atoms with Crippen molar-refractivity contribution in [2.45, 2.75) is 0 Å². The van der Waals surface area contributed by atoms with Crippen LogP contribution in [0.4, 0.5) is 5.69 Å². The fourth-order valence-corrected chi connectivity index (χ4v) is 2.39. The van der Waals surface area contributed by atoms with Crippen molar-refractivity contribution in [2.24, 2.45) is 0 Å². The molecule has 1 aromatic heterocycles. The number of nitro benzene ring substituents is 1. The molecule has 9 heteroatoms. The van der Waals surface area contributed by atoms with Gasteiger partial charge in [0.05, 0.1) is 31.0 Å². The summed E-state index contributed by atoms with van der Waals surface area (Å²) < 4.78 is 11.9. The van der Waals surface area contributed by atoms with Crippen LogP contribution in [0.5, 0.6) is 17.2 Å². The van der Waals surface area contributed by atoms with Crippen LogP contribution in [0.2, 0.25) is 0 Å². The smallest absolute Gasteiger partial charge is 0.269 e. The summed E-state index contributed by atoms with van der Waals surface area (Å²) >= 11 is 0. The van der Waals surface area contributed by atoms with Crippen LogP contribution >= 0.6 is 0 Å². The first-order valence-electron chi connectivity index (χ1n) is 7.16. The predicted molar refractivity (Wildman–Crippen MR) is 88.2 cm³/mol. The summed E-state index contributed by atoms with van der Waals surface area (Å²) in [5.74, 6) is 0.601. The van der Waals surface area contributed by atoms with Crippen molar-refractivity contribution < 1.29 is 19.5 Å². The molecular weight excluding hydrogens is 328 g/mol. The van der Waals surface area contributed by atoms with E-state index in [1.807, 2.05) is 0 Å².